The second-order valence-electron chi connectivity index (χ2n) is 11.9. The predicted molar refractivity (Wildman–Crippen MR) is 159 cm³/mol. The first-order chi connectivity index (χ1) is 19.5. The van der Waals surface area contributed by atoms with Crippen molar-refractivity contribution in [2.45, 2.75) is 45.6 Å². The Hall–Kier alpha value is -3.57. The Labute approximate surface area is 237 Å². The van der Waals surface area contributed by atoms with Gasteiger partial charge in [0.25, 0.3) is 0 Å². The molecule has 3 fully saturated rings. The Bertz CT molecular complexity index is 1350. The molecule has 0 unspecified atom stereocenters. The standard InChI is InChI=1S/C32H41N7O/c1-24(2)35-13-15-36(16-14-35)29-9-7-26(8-10-29)28-21-31-30(11-12-34-39(31)23-28)37-17-19-38(20-18-37)32(40)27-5-3-25(22-33)4-6-27/h7-12,21,23-25,27H,3-6,13-20H2,1-2H3/t25-,27-. The highest BCUT2D eigenvalue weighted by Crippen LogP contribution is 2.32. The monoisotopic (exact) mass is 539 g/mol. The molecule has 6 rings (SSSR count). The van der Waals surface area contributed by atoms with Crippen LogP contribution in [0.1, 0.15) is 39.5 Å². The van der Waals surface area contributed by atoms with Gasteiger partial charge in [-0.3, -0.25) is 9.69 Å². The quantitative estimate of drug-likeness (QED) is 0.475. The minimum absolute atomic E-state index is 0.0907. The molecule has 1 aromatic carbocycles. The van der Waals surface area contributed by atoms with E-state index in [1.54, 1.807) is 0 Å². The van der Waals surface area contributed by atoms with Crippen LogP contribution in [-0.4, -0.2) is 83.7 Å². The number of carbonyl (C=O) groups is 1. The molecule has 0 atom stereocenters. The van der Waals surface area contributed by atoms with Gasteiger partial charge in [-0.25, -0.2) is 4.52 Å². The van der Waals surface area contributed by atoms with Crippen LogP contribution in [0.15, 0.2) is 48.8 Å². The van der Waals surface area contributed by atoms with Crippen molar-refractivity contribution < 1.29 is 4.79 Å². The summed E-state index contributed by atoms with van der Waals surface area (Å²) in [6.07, 6.45) is 7.41. The van der Waals surface area contributed by atoms with Crippen molar-refractivity contribution in [2.75, 3.05) is 62.2 Å². The van der Waals surface area contributed by atoms with E-state index in [0.717, 1.165) is 89.1 Å². The van der Waals surface area contributed by atoms with Crippen molar-refractivity contribution in [1.29, 1.82) is 5.26 Å². The van der Waals surface area contributed by atoms with E-state index in [4.69, 9.17) is 5.26 Å². The molecule has 3 aliphatic rings. The zero-order valence-electron chi connectivity index (χ0n) is 23.9. The molecule has 0 bridgehead atoms. The molecule has 0 N–H and O–H groups in total. The van der Waals surface area contributed by atoms with Crippen molar-refractivity contribution in [3.8, 4) is 17.2 Å². The first kappa shape index (κ1) is 26.6. The maximum atomic E-state index is 13.1. The predicted octanol–water partition coefficient (Wildman–Crippen LogP) is 4.51. The number of nitriles is 1. The molecular weight excluding hydrogens is 498 g/mol. The summed E-state index contributed by atoms with van der Waals surface area (Å²) in [5.41, 5.74) is 5.92. The first-order valence-corrected chi connectivity index (χ1v) is 15.0. The fourth-order valence-corrected chi connectivity index (χ4v) is 6.68. The third-order valence-corrected chi connectivity index (χ3v) is 9.29. The van der Waals surface area contributed by atoms with Gasteiger partial charge in [0.15, 0.2) is 0 Å². The van der Waals surface area contributed by atoms with Gasteiger partial charge in [-0.2, -0.15) is 10.4 Å². The van der Waals surface area contributed by atoms with Gasteiger partial charge in [0.05, 0.1) is 17.3 Å². The molecule has 4 heterocycles. The van der Waals surface area contributed by atoms with Gasteiger partial charge in [0, 0.05) is 93.9 Å². The summed E-state index contributed by atoms with van der Waals surface area (Å²) < 4.78 is 1.98. The topological polar surface area (TPSA) is 71.1 Å². The lowest BCUT2D eigenvalue weighted by molar-refractivity contribution is -0.137. The van der Waals surface area contributed by atoms with Gasteiger partial charge in [-0.15, -0.1) is 0 Å². The third-order valence-electron chi connectivity index (χ3n) is 9.29. The largest absolute Gasteiger partial charge is 0.369 e. The van der Waals surface area contributed by atoms with Gasteiger partial charge < -0.3 is 14.7 Å². The number of anilines is 2. The summed E-state index contributed by atoms with van der Waals surface area (Å²) in [7, 11) is 0. The van der Waals surface area contributed by atoms with E-state index >= 15 is 0 Å². The molecule has 0 spiro atoms. The summed E-state index contributed by atoms with van der Waals surface area (Å²) in [4.78, 5) is 22.6. The van der Waals surface area contributed by atoms with Gasteiger partial charge in [-0.05, 0) is 69.4 Å². The molecule has 2 aromatic heterocycles. The van der Waals surface area contributed by atoms with Crippen LogP contribution in [0.3, 0.4) is 0 Å². The number of fused-ring (bicyclic) bond motifs is 1. The number of carbonyl (C=O) groups excluding carboxylic acids is 1. The van der Waals surface area contributed by atoms with E-state index in [0.29, 0.717) is 6.04 Å². The highest BCUT2D eigenvalue weighted by molar-refractivity contribution is 5.81. The molecule has 8 heteroatoms. The van der Waals surface area contributed by atoms with Crippen LogP contribution in [0, 0.1) is 23.2 Å². The van der Waals surface area contributed by atoms with Crippen LogP contribution in [0.4, 0.5) is 11.4 Å². The highest BCUT2D eigenvalue weighted by atomic mass is 16.2. The zero-order valence-corrected chi connectivity index (χ0v) is 23.9. The number of aromatic nitrogens is 2. The highest BCUT2D eigenvalue weighted by Gasteiger charge is 2.31. The van der Waals surface area contributed by atoms with Crippen molar-refractivity contribution in [3.63, 3.8) is 0 Å². The summed E-state index contributed by atoms with van der Waals surface area (Å²) in [6, 6.07) is 16.3. The molecule has 1 saturated carbocycles. The first-order valence-electron chi connectivity index (χ1n) is 15.0. The van der Waals surface area contributed by atoms with E-state index in [2.05, 4.69) is 82.3 Å². The van der Waals surface area contributed by atoms with Crippen molar-refractivity contribution in [3.05, 3.63) is 48.8 Å². The smallest absolute Gasteiger partial charge is 0.225 e. The second kappa shape index (κ2) is 11.5. The summed E-state index contributed by atoms with van der Waals surface area (Å²) >= 11 is 0. The number of amides is 1. The number of hydrogen-bond acceptors (Lipinski definition) is 6. The zero-order chi connectivity index (χ0) is 27.6. The average molecular weight is 540 g/mol. The van der Waals surface area contributed by atoms with Gasteiger partial charge >= 0.3 is 0 Å². The van der Waals surface area contributed by atoms with Crippen molar-refractivity contribution in [2.24, 2.45) is 11.8 Å². The fourth-order valence-electron chi connectivity index (χ4n) is 6.68. The van der Waals surface area contributed by atoms with Gasteiger partial charge in [0.1, 0.15) is 0 Å². The van der Waals surface area contributed by atoms with Crippen molar-refractivity contribution >= 4 is 22.8 Å². The van der Waals surface area contributed by atoms with Crippen LogP contribution in [0.2, 0.25) is 0 Å². The minimum Gasteiger partial charge on any atom is -0.369 e. The molecule has 2 saturated heterocycles. The number of benzene rings is 1. The van der Waals surface area contributed by atoms with E-state index in [1.807, 2.05) is 15.6 Å². The van der Waals surface area contributed by atoms with E-state index in [-0.39, 0.29) is 17.7 Å². The number of rotatable bonds is 5. The van der Waals surface area contributed by atoms with Crippen LogP contribution in [-0.2, 0) is 4.79 Å². The van der Waals surface area contributed by atoms with E-state index < -0.39 is 0 Å². The maximum Gasteiger partial charge on any atom is 0.225 e. The lowest BCUT2D eigenvalue weighted by Crippen LogP contribution is -2.50. The summed E-state index contributed by atoms with van der Waals surface area (Å²) in [5, 5.41) is 13.8. The van der Waals surface area contributed by atoms with Crippen LogP contribution in [0.25, 0.3) is 16.6 Å². The van der Waals surface area contributed by atoms with Crippen LogP contribution < -0.4 is 9.80 Å². The fraction of sp³-hybridized carbons (Fsp3) is 0.531. The molecule has 2 aliphatic heterocycles. The molecule has 1 amide bonds. The minimum atomic E-state index is 0.0907. The Morgan fingerprint density at radius 3 is 2.20 bits per heavy atom. The molecule has 0 radical (unpaired) electrons. The lowest BCUT2D eigenvalue weighted by Gasteiger charge is -2.38. The average Bonchev–Trinajstić information content (AvgIpc) is 3.46. The summed E-state index contributed by atoms with van der Waals surface area (Å²) in [6.45, 7) is 12.0. The Morgan fingerprint density at radius 1 is 0.875 bits per heavy atom. The van der Waals surface area contributed by atoms with Crippen LogP contribution >= 0.6 is 0 Å². The summed E-state index contributed by atoms with van der Waals surface area (Å²) in [5.74, 6) is 0.504. The maximum absolute atomic E-state index is 13.1. The van der Waals surface area contributed by atoms with Crippen molar-refractivity contribution in [1.82, 2.24) is 19.4 Å². The van der Waals surface area contributed by atoms with Gasteiger partial charge in [-0.1, -0.05) is 12.1 Å². The normalized spacial score (nSPS) is 22.6. The molecule has 3 aromatic rings. The molecule has 1 aliphatic carbocycles. The van der Waals surface area contributed by atoms with Crippen LogP contribution in [0.5, 0.6) is 0 Å². The molecule has 8 nitrogen and oxygen atoms in total. The van der Waals surface area contributed by atoms with E-state index in [1.165, 1.54) is 16.9 Å². The Kier molecular flexibility index (Phi) is 7.66. The Morgan fingerprint density at radius 2 is 1.55 bits per heavy atom. The second-order valence-corrected chi connectivity index (χ2v) is 11.9. The Balaban J connectivity index is 1.11. The number of hydrogen-bond donors (Lipinski definition) is 0. The number of piperazine rings is 2. The molecule has 40 heavy (non-hydrogen) atoms. The van der Waals surface area contributed by atoms with E-state index in [9.17, 15) is 4.79 Å². The molecule has 210 valence electrons. The SMILES string of the molecule is CC(C)N1CCN(c2ccc(-c3cc4c(N5CCN(C(=O)[C@H]6CC[C@H](C#N)CC6)CC5)ccnn4c3)cc2)CC1. The van der Waals surface area contributed by atoms with Gasteiger partial charge in [0.2, 0.25) is 5.91 Å². The third kappa shape index (κ3) is 5.40. The lowest BCUT2D eigenvalue weighted by atomic mass is 9.82. The molecular formula is C32H41N7O. The number of nitrogens with zero attached hydrogens (tertiary/aromatic N) is 7.